The molecule has 1 heterocycles. The molecule has 1 fully saturated rings. The van der Waals surface area contributed by atoms with Crippen LogP contribution in [0.5, 0.6) is 0 Å². The van der Waals surface area contributed by atoms with Crippen LogP contribution in [-0.4, -0.2) is 54.6 Å². The number of likely N-dealkylation sites (N-methyl/N-ethyl adjacent to an activating group) is 1. The molecule has 96 valence electrons. The first kappa shape index (κ1) is 13.9. The molecule has 0 saturated carbocycles. The van der Waals surface area contributed by atoms with Crippen LogP contribution in [0.3, 0.4) is 0 Å². The normalized spacial score (nSPS) is 29.1. The summed E-state index contributed by atoms with van der Waals surface area (Å²) in [5, 5.41) is 0. The number of hydrogen-bond donors (Lipinski definition) is 1. The highest BCUT2D eigenvalue weighted by Gasteiger charge is 2.35. The van der Waals surface area contributed by atoms with Gasteiger partial charge in [0.25, 0.3) is 0 Å². The van der Waals surface area contributed by atoms with Crippen LogP contribution < -0.4 is 5.73 Å². The van der Waals surface area contributed by atoms with Crippen LogP contribution in [0.15, 0.2) is 0 Å². The summed E-state index contributed by atoms with van der Waals surface area (Å²) < 4.78 is 0. The molecular formula is C13H29N3. The molecule has 1 atom stereocenters. The highest BCUT2D eigenvalue weighted by molar-refractivity contribution is 4.91. The van der Waals surface area contributed by atoms with E-state index in [1.165, 1.54) is 0 Å². The third kappa shape index (κ3) is 3.44. The molecule has 0 amide bonds. The van der Waals surface area contributed by atoms with E-state index >= 15 is 0 Å². The largest absolute Gasteiger partial charge is 0.329 e. The van der Waals surface area contributed by atoms with Crippen LogP contribution in [0, 0.1) is 5.41 Å². The molecule has 16 heavy (non-hydrogen) atoms. The molecule has 0 bridgehead atoms. The molecule has 1 saturated heterocycles. The van der Waals surface area contributed by atoms with E-state index in [0.717, 1.165) is 26.2 Å². The molecule has 2 N–H and O–H groups in total. The van der Waals surface area contributed by atoms with Gasteiger partial charge in [-0.3, -0.25) is 4.90 Å². The van der Waals surface area contributed by atoms with Gasteiger partial charge in [0.1, 0.15) is 0 Å². The Morgan fingerprint density at radius 2 is 1.81 bits per heavy atom. The van der Waals surface area contributed by atoms with Crippen molar-refractivity contribution in [3.05, 3.63) is 0 Å². The summed E-state index contributed by atoms with van der Waals surface area (Å²) in [4.78, 5) is 5.00. The van der Waals surface area contributed by atoms with Gasteiger partial charge in [0.2, 0.25) is 0 Å². The van der Waals surface area contributed by atoms with Crippen molar-refractivity contribution in [2.75, 3.05) is 33.2 Å². The second-order valence-electron chi connectivity index (χ2n) is 7.02. The zero-order valence-corrected chi connectivity index (χ0v) is 11.9. The molecule has 0 radical (unpaired) electrons. The van der Waals surface area contributed by atoms with E-state index in [9.17, 15) is 0 Å². The van der Waals surface area contributed by atoms with Gasteiger partial charge in [0, 0.05) is 37.8 Å². The van der Waals surface area contributed by atoms with E-state index in [1.807, 2.05) is 0 Å². The summed E-state index contributed by atoms with van der Waals surface area (Å²) in [5.41, 5.74) is 6.46. The first-order valence-corrected chi connectivity index (χ1v) is 6.31. The maximum Gasteiger partial charge on any atom is 0.0343 e. The van der Waals surface area contributed by atoms with Crippen LogP contribution >= 0.6 is 0 Å². The minimum Gasteiger partial charge on any atom is -0.329 e. The fourth-order valence-electron chi connectivity index (χ4n) is 2.59. The third-order valence-corrected chi connectivity index (χ3v) is 3.57. The van der Waals surface area contributed by atoms with Crippen LogP contribution in [-0.2, 0) is 0 Å². The molecule has 1 aliphatic heterocycles. The second kappa shape index (κ2) is 4.63. The van der Waals surface area contributed by atoms with Crippen LogP contribution in [0.1, 0.15) is 34.6 Å². The third-order valence-electron chi connectivity index (χ3n) is 3.57. The molecule has 0 aromatic heterocycles. The van der Waals surface area contributed by atoms with E-state index in [4.69, 9.17) is 5.73 Å². The summed E-state index contributed by atoms with van der Waals surface area (Å²) in [6.45, 7) is 15.7. The number of hydrogen-bond acceptors (Lipinski definition) is 3. The van der Waals surface area contributed by atoms with Gasteiger partial charge in [-0.1, -0.05) is 13.8 Å². The maximum absolute atomic E-state index is 5.89. The summed E-state index contributed by atoms with van der Waals surface area (Å²) in [6, 6.07) is 0.487. The lowest BCUT2D eigenvalue weighted by molar-refractivity contribution is 0.0979. The molecule has 0 spiro atoms. The predicted molar refractivity (Wildman–Crippen MR) is 70.6 cm³/mol. The van der Waals surface area contributed by atoms with Crippen molar-refractivity contribution in [3.8, 4) is 0 Å². The summed E-state index contributed by atoms with van der Waals surface area (Å²) >= 11 is 0. The lowest BCUT2D eigenvalue weighted by Crippen LogP contribution is -2.49. The highest BCUT2D eigenvalue weighted by atomic mass is 15.3. The minimum absolute atomic E-state index is 0.232. The Bertz CT molecular complexity index is 230. The average Bonchev–Trinajstić information content (AvgIpc) is 2.19. The second-order valence-corrected chi connectivity index (χ2v) is 7.02. The molecular weight excluding hydrogens is 198 g/mol. The van der Waals surface area contributed by atoms with Crippen molar-refractivity contribution in [2.24, 2.45) is 11.1 Å². The van der Waals surface area contributed by atoms with Gasteiger partial charge < -0.3 is 10.6 Å². The lowest BCUT2D eigenvalue weighted by Gasteiger charge is -2.39. The summed E-state index contributed by atoms with van der Waals surface area (Å²) in [5.74, 6) is 0. The fourth-order valence-corrected chi connectivity index (χ4v) is 2.59. The van der Waals surface area contributed by atoms with Gasteiger partial charge in [-0.15, -0.1) is 0 Å². The Balaban J connectivity index is 2.88. The van der Waals surface area contributed by atoms with Gasteiger partial charge in [0.05, 0.1) is 0 Å². The van der Waals surface area contributed by atoms with Crippen LogP contribution in [0.2, 0.25) is 0 Å². The Hall–Kier alpha value is -0.120. The molecule has 1 rings (SSSR count). The summed E-state index contributed by atoms with van der Waals surface area (Å²) in [6.07, 6.45) is 0. The van der Waals surface area contributed by atoms with Crippen LogP contribution in [0.4, 0.5) is 0 Å². The van der Waals surface area contributed by atoms with Crippen LogP contribution in [0.25, 0.3) is 0 Å². The Labute approximate surface area is 101 Å². The minimum atomic E-state index is 0.232. The first-order chi connectivity index (χ1) is 7.15. The van der Waals surface area contributed by atoms with Crippen molar-refractivity contribution in [2.45, 2.75) is 46.2 Å². The lowest BCUT2D eigenvalue weighted by atomic mass is 9.91. The molecule has 1 unspecified atom stereocenters. The smallest absolute Gasteiger partial charge is 0.0343 e. The van der Waals surface area contributed by atoms with E-state index in [2.05, 4.69) is 51.5 Å². The van der Waals surface area contributed by atoms with E-state index in [1.54, 1.807) is 0 Å². The zero-order valence-electron chi connectivity index (χ0n) is 11.9. The topological polar surface area (TPSA) is 32.5 Å². The standard InChI is InChI=1S/C13H29N3/c1-12(2,3)16-8-11(7-14)15(6)9-13(4,5)10-16/h11H,7-10,14H2,1-6H3. The molecule has 3 nitrogen and oxygen atoms in total. The zero-order chi connectivity index (χ0) is 12.6. The van der Waals surface area contributed by atoms with Crippen molar-refractivity contribution in [3.63, 3.8) is 0 Å². The predicted octanol–water partition coefficient (Wildman–Crippen LogP) is 1.39. The SMILES string of the molecule is CN1CC(C)(C)CN(C(C)(C)C)CC1CN. The van der Waals surface area contributed by atoms with Gasteiger partial charge >= 0.3 is 0 Å². The van der Waals surface area contributed by atoms with Gasteiger partial charge in [-0.05, 0) is 33.2 Å². The van der Waals surface area contributed by atoms with E-state index in [0.29, 0.717) is 11.5 Å². The van der Waals surface area contributed by atoms with Crippen molar-refractivity contribution in [1.82, 2.24) is 9.80 Å². The van der Waals surface area contributed by atoms with Crippen molar-refractivity contribution >= 4 is 0 Å². The highest BCUT2D eigenvalue weighted by Crippen LogP contribution is 2.27. The Morgan fingerprint density at radius 3 is 2.25 bits per heavy atom. The fraction of sp³-hybridized carbons (Fsp3) is 1.00. The van der Waals surface area contributed by atoms with Gasteiger partial charge in [-0.25, -0.2) is 0 Å². The molecule has 3 heteroatoms. The number of nitrogens with zero attached hydrogens (tertiary/aromatic N) is 2. The van der Waals surface area contributed by atoms with Crippen molar-refractivity contribution < 1.29 is 0 Å². The summed E-state index contributed by atoms with van der Waals surface area (Å²) in [7, 11) is 2.20. The van der Waals surface area contributed by atoms with Crippen molar-refractivity contribution in [1.29, 1.82) is 0 Å². The molecule has 1 aliphatic rings. The maximum atomic E-state index is 5.89. The first-order valence-electron chi connectivity index (χ1n) is 6.31. The number of nitrogens with two attached hydrogens (primary N) is 1. The monoisotopic (exact) mass is 227 g/mol. The van der Waals surface area contributed by atoms with Gasteiger partial charge in [-0.2, -0.15) is 0 Å². The quantitative estimate of drug-likeness (QED) is 0.735. The molecule has 0 aromatic rings. The molecule has 0 aromatic carbocycles. The van der Waals surface area contributed by atoms with E-state index < -0.39 is 0 Å². The Morgan fingerprint density at radius 1 is 1.25 bits per heavy atom. The average molecular weight is 227 g/mol. The Kier molecular flexibility index (Phi) is 4.04. The van der Waals surface area contributed by atoms with E-state index in [-0.39, 0.29) is 5.54 Å². The van der Waals surface area contributed by atoms with Gasteiger partial charge in [0.15, 0.2) is 0 Å². The number of rotatable bonds is 1. The molecule has 0 aliphatic carbocycles.